The largest absolute Gasteiger partial charge is 0.456 e. The fraction of sp³-hybridized carbons (Fsp3) is 0.162. The van der Waals surface area contributed by atoms with Crippen LogP contribution in [-0.4, -0.2) is 39.0 Å². The molecule has 0 aliphatic carbocycles. The van der Waals surface area contributed by atoms with E-state index in [-0.39, 0.29) is 30.9 Å². The minimum Gasteiger partial charge on any atom is -0.456 e. The van der Waals surface area contributed by atoms with Crippen LogP contribution < -0.4 is 21.2 Å². The van der Waals surface area contributed by atoms with Gasteiger partial charge in [-0.3, -0.25) is 9.59 Å². The molecule has 1 unspecified atom stereocenters. The molecule has 1 aliphatic heterocycles. The first kappa shape index (κ1) is 31.8. The van der Waals surface area contributed by atoms with Gasteiger partial charge in [0.2, 0.25) is 11.8 Å². The molecule has 1 atom stereocenters. The normalized spacial score (nSPS) is 14.7. The highest BCUT2D eigenvalue weighted by Crippen LogP contribution is 2.49. The number of nitrogens with zero attached hydrogens (tertiary/aromatic N) is 1. The van der Waals surface area contributed by atoms with Crippen LogP contribution >= 0.6 is 19.1 Å². The van der Waals surface area contributed by atoms with Gasteiger partial charge >= 0.3 is 5.97 Å². The number of hydrogen-bond acceptors (Lipinski definition) is 5. The predicted octanol–water partition coefficient (Wildman–Crippen LogP) is 5.25. The second-order valence-corrected chi connectivity index (χ2v) is 14.7. The summed E-state index contributed by atoms with van der Waals surface area (Å²) in [6.45, 7) is 0.276. The highest BCUT2D eigenvalue weighted by Gasteiger charge is 2.47. The standard InChI is InChI=1S/C37H35N2O4PS/c1-27(38-28(2)40)23-34(45)24-30-25-35(41)39(30)36(37(42)43-26-29-15-7-3-8-16-29)44(31-17-9-4-10-18-31,32-19-11-5-12-20-32)33-21-13-6-14-22-33/h3-23,30H,24-26H2,1-2H3,(H,38,40). The van der Waals surface area contributed by atoms with Gasteiger partial charge < -0.3 is 15.0 Å². The Morgan fingerprint density at radius 1 is 0.822 bits per heavy atom. The quantitative estimate of drug-likeness (QED) is 0.0802. The molecule has 8 heteroatoms. The molecule has 1 heterocycles. The second-order valence-electron chi connectivity index (χ2n) is 10.9. The van der Waals surface area contributed by atoms with Crippen molar-refractivity contribution in [3.05, 3.63) is 139 Å². The van der Waals surface area contributed by atoms with Crippen LogP contribution in [0.1, 0.15) is 32.3 Å². The Morgan fingerprint density at radius 2 is 1.29 bits per heavy atom. The van der Waals surface area contributed by atoms with Gasteiger partial charge in [-0.25, -0.2) is 4.79 Å². The molecule has 0 bridgehead atoms. The van der Waals surface area contributed by atoms with E-state index in [1.165, 1.54) is 6.92 Å². The topological polar surface area (TPSA) is 75.7 Å². The molecule has 5 rings (SSSR count). The van der Waals surface area contributed by atoms with Crippen molar-refractivity contribution in [2.75, 3.05) is 0 Å². The van der Waals surface area contributed by atoms with Crippen molar-refractivity contribution >= 4 is 63.1 Å². The van der Waals surface area contributed by atoms with Crippen molar-refractivity contribution in [1.82, 2.24) is 10.2 Å². The lowest BCUT2D eigenvalue weighted by Crippen LogP contribution is -2.60. The average Bonchev–Trinajstić information content (AvgIpc) is 3.05. The third-order valence-corrected chi connectivity index (χ3v) is 12.1. The van der Waals surface area contributed by atoms with Crippen LogP contribution in [0.15, 0.2) is 133 Å². The Kier molecular flexibility index (Phi) is 10.2. The van der Waals surface area contributed by atoms with Gasteiger partial charge in [-0.15, -0.1) is 0 Å². The molecular formula is C37H35N2O4PS. The highest BCUT2D eigenvalue weighted by molar-refractivity contribution is 7.96. The van der Waals surface area contributed by atoms with E-state index in [4.69, 9.17) is 17.0 Å². The Labute approximate surface area is 269 Å². The molecule has 4 aromatic carbocycles. The lowest BCUT2D eigenvalue weighted by atomic mass is 9.96. The number of allylic oxidation sites excluding steroid dienone is 2. The van der Waals surface area contributed by atoms with E-state index >= 15 is 0 Å². The van der Waals surface area contributed by atoms with Gasteiger partial charge in [-0.2, -0.15) is 0 Å². The first-order valence-electron chi connectivity index (χ1n) is 14.8. The van der Waals surface area contributed by atoms with Crippen molar-refractivity contribution in [3.63, 3.8) is 0 Å². The molecule has 0 saturated carbocycles. The predicted molar refractivity (Wildman–Crippen MR) is 186 cm³/mol. The number of thiocarbonyl (C=S) groups is 1. The summed E-state index contributed by atoms with van der Waals surface area (Å²) in [7, 11) is 0. The fourth-order valence-corrected chi connectivity index (χ4v) is 10.5. The van der Waals surface area contributed by atoms with Crippen molar-refractivity contribution < 1.29 is 19.1 Å². The summed E-state index contributed by atoms with van der Waals surface area (Å²) < 4.78 is 6.09. The Morgan fingerprint density at radius 3 is 1.73 bits per heavy atom. The number of carbonyl (C=O) groups is 3. The first-order valence-corrected chi connectivity index (χ1v) is 17.0. The van der Waals surface area contributed by atoms with Gasteiger partial charge in [0.25, 0.3) is 0 Å². The van der Waals surface area contributed by atoms with Crippen LogP contribution in [0.4, 0.5) is 0 Å². The third-order valence-electron chi connectivity index (χ3n) is 7.60. The molecule has 0 aromatic heterocycles. The summed E-state index contributed by atoms with van der Waals surface area (Å²) in [6.07, 6.45) is 2.33. The molecule has 1 aliphatic rings. The number of β-lactam (4-membered cyclic amide) rings is 1. The summed E-state index contributed by atoms with van der Waals surface area (Å²) >= 11 is 5.71. The number of ether oxygens (including phenoxy) is 1. The maximum absolute atomic E-state index is 14.7. The maximum Gasteiger partial charge on any atom is 0.356 e. The van der Waals surface area contributed by atoms with Gasteiger partial charge in [-0.1, -0.05) is 134 Å². The van der Waals surface area contributed by atoms with E-state index in [9.17, 15) is 14.4 Å². The molecule has 4 aromatic rings. The summed E-state index contributed by atoms with van der Waals surface area (Å²) in [6, 6.07) is 38.9. The lowest BCUT2D eigenvalue weighted by Gasteiger charge is -2.45. The van der Waals surface area contributed by atoms with Crippen LogP contribution in [0, 0.1) is 0 Å². The van der Waals surface area contributed by atoms with Crippen LogP contribution in [-0.2, 0) is 25.7 Å². The van der Waals surface area contributed by atoms with E-state index in [0.29, 0.717) is 22.4 Å². The number of hydrogen-bond donors (Lipinski definition) is 1. The minimum absolute atomic E-state index is 0.0608. The minimum atomic E-state index is -3.00. The molecule has 0 spiro atoms. The molecular weight excluding hydrogens is 599 g/mol. The van der Waals surface area contributed by atoms with Gasteiger partial charge in [-0.05, 0) is 34.5 Å². The van der Waals surface area contributed by atoms with Crippen molar-refractivity contribution in [1.29, 1.82) is 0 Å². The monoisotopic (exact) mass is 634 g/mol. The van der Waals surface area contributed by atoms with Crippen LogP contribution in [0.2, 0.25) is 0 Å². The zero-order chi connectivity index (χ0) is 31.8. The summed E-state index contributed by atoms with van der Waals surface area (Å²) in [5.74, 6) is -0.895. The summed E-state index contributed by atoms with van der Waals surface area (Å²) in [5.41, 5.74) is 1.80. The number of benzene rings is 4. The summed E-state index contributed by atoms with van der Waals surface area (Å²) in [5, 5.41) is 5.53. The van der Waals surface area contributed by atoms with Crippen molar-refractivity contribution in [2.24, 2.45) is 0 Å². The zero-order valence-electron chi connectivity index (χ0n) is 25.3. The molecule has 228 valence electrons. The highest BCUT2D eigenvalue weighted by atomic mass is 32.1. The number of amides is 2. The van der Waals surface area contributed by atoms with E-state index in [1.54, 1.807) is 17.9 Å². The van der Waals surface area contributed by atoms with Gasteiger partial charge in [0, 0.05) is 37.2 Å². The van der Waals surface area contributed by atoms with Gasteiger partial charge in [0.15, 0.2) is 0 Å². The van der Waals surface area contributed by atoms with Crippen LogP contribution in [0.5, 0.6) is 0 Å². The van der Waals surface area contributed by atoms with Crippen LogP contribution in [0.3, 0.4) is 0 Å². The molecule has 6 nitrogen and oxygen atoms in total. The number of rotatable bonds is 11. The lowest BCUT2D eigenvalue weighted by molar-refractivity contribution is -0.144. The fourth-order valence-electron chi connectivity index (χ4n) is 5.74. The van der Waals surface area contributed by atoms with Crippen molar-refractivity contribution in [2.45, 2.75) is 39.3 Å². The first-order chi connectivity index (χ1) is 21.8. The average molecular weight is 635 g/mol. The Hall–Kier alpha value is -4.58. The Balaban J connectivity index is 1.76. The number of nitrogens with one attached hydrogen (secondary N) is 1. The van der Waals surface area contributed by atoms with Crippen molar-refractivity contribution in [3.8, 4) is 0 Å². The number of esters is 1. The molecule has 45 heavy (non-hydrogen) atoms. The molecule has 0 radical (unpaired) electrons. The molecule has 2 amide bonds. The zero-order valence-corrected chi connectivity index (χ0v) is 27.0. The maximum atomic E-state index is 14.7. The van der Waals surface area contributed by atoms with Gasteiger partial charge in [0.1, 0.15) is 12.0 Å². The van der Waals surface area contributed by atoms with E-state index in [0.717, 1.165) is 21.5 Å². The van der Waals surface area contributed by atoms with Gasteiger partial charge in [0.05, 0.1) is 6.04 Å². The second kappa shape index (κ2) is 14.5. The van der Waals surface area contributed by atoms with E-state index in [1.807, 2.05) is 121 Å². The molecule has 1 saturated heterocycles. The third kappa shape index (κ3) is 7.06. The Bertz CT molecular complexity index is 1670. The van der Waals surface area contributed by atoms with Crippen LogP contribution in [0.25, 0.3) is 0 Å². The van der Waals surface area contributed by atoms with E-state index < -0.39 is 12.9 Å². The molecule has 1 N–H and O–H groups in total. The summed E-state index contributed by atoms with van der Waals surface area (Å²) in [4.78, 5) is 42.2. The SMILES string of the molecule is CC(=O)NC(C)=CC(=S)CC1CC(=O)N1C(C(=O)OCc1ccccc1)=P(c1ccccc1)(c1ccccc1)c1ccccc1. The smallest absolute Gasteiger partial charge is 0.356 e. The number of carbonyl (C=O) groups excluding carboxylic acids is 3. The van der Waals surface area contributed by atoms with E-state index in [2.05, 4.69) is 5.32 Å². The molecule has 1 fully saturated rings. The number of likely N-dealkylation sites (tertiary alicyclic amines) is 1.